The van der Waals surface area contributed by atoms with Gasteiger partial charge in [0.1, 0.15) is 12.3 Å². The van der Waals surface area contributed by atoms with Crippen molar-refractivity contribution in [2.24, 2.45) is 0 Å². The Morgan fingerprint density at radius 3 is 2.53 bits per heavy atom. The minimum Gasteiger partial charge on any atom is -0.444 e. The largest absolute Gasteiger partial charge is 0.444 e. The van der Waals surface area contributed by atoms with Crippen LogP contribution >= 0.6 is 0 Å². The normalized spacial score (nSPS) is 18.7. The van der Waals surface area contributed by atoms with Crippen molar-refractivity contribution in [3.05, 3.63) is 0 Å². The van der Waals surface area contributed by atoms with Gasteiger partial charge in [0.25, 0.3) is 0 Å². The zero-order valence-corrected chi connectivity index (χ0v) is 10.4. The third kappa shape index (κ3) is 4.58. The highest BCUT2D eigenvalue weighted by Gasteiger charge is 2.24. The predicted octanol–water partition coefficient (Wildman–Crippen LogP) is 2.75. The van der Waals surface area contributed by atoms with Gasteiger partial charge < -0.3 is 9.64 Å². The summed E-state index contributed by atoms with van der Waals surface area (Å²) in [5, 5.41) is 0. The molecule has 0 atom stereocenters. The molecule has 0 unspecified atom stereocenters. The summed E-state index contributed by atoms with van der Waals surface area (Å²) < 4.78 is 5.35. The Balaban J connectivity index is 2.45. The van der Waals surface area contributed by atoms with Crippen LogP contribution in [0.2, 0.25) is 19.5 Å². The molecular formula is C11H22BNO2. The van der Waals surface area contributed by atoms with Crippen LogP contribution in [-0.4, -0.2) is 36.4 Å². The topological polar surface area (TPSA) is 29.5 Å². The monoisotopic (exact) mass is 211 g/mol. The molecule has 4 heteroatoms. The Labute approximate surface area is 93.2 Å². The highest BCUT2D eigenvalue weighted by molar-refractivity contribution is 6.57. The van der Waals surface area contributed by atoms with Gasteiger partial charge in [-0.1, -0.05) is 19.5 Å². The van der Waals surface area contributed by atoms with Gasteiger partial charge in [-0.2, -0.15) is 0 Å². The summed E-state index contributed by atoms with van der Waals surface area (Å²) in [5.41, 5.74) is -0.380. The second-order valence-corrected chi connectivity index (χ2v) is 5.50. The minimum atomic E-state index is -0.380. The van der Waals surface area contributed by atoms with Crippen molar-refractivity contribution in [3.8, 4) is 0 Å². The first-order valence-electron chi connectivity index (χ1n) is 5.86. The predicted molar refractivity (Wildman–Crippen MR) is 63.7 cm³/mol. The molecule has 1 heterocycles. The number of nitrogens with zero attached hydrogens (tertiary/aromatic N) is 1. The quantitative estimate of drug-likeness (QED) is 0.576. The molecule has 1 aliphatic rings. The van der Waals surface area contributed by atoms with Crippen LogP contribution in [0.1, 0.15) is 27.2 Å². The summed E-state index contributed by atoms with van der Waals surface area (Å²) >= 11 is 0. The van der Waals surface area contributed by atoms with Crippen LogP contribution in [0.3, 0.4) is 0 Å². The van der Waals surface area contributed by atoms with Gasteiger partial charge in [0.2, 0.25) is 0 Å². The van der Waals surface area contributed by atoms with Crippen LogP contribution in [-0.2, 0) is 4.74 Å². The van der Waals surface area contributed by atoms with Crippen LogP contribution in [0.25, 0.3) is 0 Å². The molecule has 1 amide bonds. The van der Waals surface area contributed by atoms with Crippen LogP contribution in [0, 0.1) is 0 Å². The van der Waals surface area contributed by atoms with Crippen molar-refractivity contribution in [1.82, 2.24) is 4.90 Å². The Hall–Kier alpha value is -0.665. The molecule has 1 rings (SSSR count). The van der Waals surface area contributed by atoms with E-state index in [1.165, 1.54) is 6.32 Å². The van der Waals surface area contributed by atoms with Gasteiger partial charge >= 0.3 is 6.09 Å². The molecular weight excluding hydrogens is 189 g/mol. The third-order valence-electron chi connectivity index (χ3n) is 2.67. The summed E-state index contributed by atoms with van der Waals surface area (Å²) in [7, 11) is 0. The molecule has 0 bridgehead atoms. The molecule has 0 aromatic carbocycles. The van der Waals surface area contributed by atoms with Crippen LogP contribution in [0.15, 0.2) is 0 Å². The number of ether oxygens (including phenoxy) is 1. The van der Waals surface area contributed by atoms with Crippen molar-refractivity contribution in [1.29, 1.82) is 0 Å². The molecule has 1 fully saturated rings. The van der Waals surface area contributed by atoms with Crippen molar-refractivity contribution >= 4 is 12.8 Å². The lowest BCUT2D eigenvalue weighted by Gasteiger charge is -2.26. The van der Waals surface area contributed by atoms with Gasteiger partial charge in [-0.3, -0.25) is 0 Å². The fraction of sp³-hybridized carbons (Fsp3) is 0.909. The SMILES string of the molecule is CB1CCCN(C(=O)OC(C)(C)C)CC1. The Bertz CT molecular complexity index is 225. The second kappa shape index (κ2) is 4.91. The molecule has 0 saturated carbocycles. The molecule has 0 aromatic heterocycles. The molecule has 15 heavy (non-hydrogen) atoms. The number of amides is 1. The van der Waals surface area contributed by atoms with Gasteiger partial charge in [0.15, 0.2) is 0 Å². The summed E-state index contributed by atoms with van der Waals surface area (Å²) in [6, 6.07) is 0. The lowest BCUT2D eigenvalue weighted by Crippen LogP contribution is -2.37. The molecule has 0 spiro atoms. The van der Waals surface area contributed by atoms with Gasteiger partial charge in [-0.25, -0.2) is 4.79 Å². The number of rotatable bonds is 0. The van der Waals surface area contributed by atoms with E-state index in [0.29, 0.717) is 0 Å². The maximum absolute atomic E-state index is 11.8. The zero-order valence-electron chi connectivity index (χ0n) is 10.4. The van der Waals surface area contributed by atoms with E-state index in [0.717, 1.165) is 32.5 Å². The second-order valence-electron chi connectivity index (χ2n) is 5.50. The fourth-order valence-electron chi connectivity index (χ4n) is 1.77. The van der Waals surface area contributed by atoms with E-state index in [4.69, 9.17) is 4.74 Å². The highest BCUT2D eigenvalue weighted by Crippen LogP contribution is 2.15. The number of hydrogen-bond acceptors (Lipinski definition) is 2. The molecule has 0 aromatic rings. The van der Waals surface area contributed by atoms with Crippen LogP contribution in [0.4, 0.5) is 4.79 Å². The van der Waals surface area contributed by atoms with Gasteiger partial charge in [0.05, 0.1) is 0 Å². The Morgan fingerprint density at radius 1 is 1.27 bits per heavy atom. The first-order valence-corrected chi connectivity index (χ1v) is 5.86. The van der Waals surface area contributed by atoms with E-state index >= 15 is 0 Å². The van der Waals surface area contributed by atoms with E-state index < -0.39 is 0 Å². The summed E-state index contributed by atoms with van der Waals surface area (Å²) in [6.45, 7) is 10.4. The average molecular weight is 211 g/mol. The van der Waals surface area contributed by atoms with E-state index in [2.05, 4.69) is 6.82 Å². The van der Waals surface area contributed by atoms with E-state index in [-0.39, 0.29) is 11.7 Å². The van der Waals surface area contributed by atoms with Crippen molar-refractivity contribution in [3.63, 3.8) is 0 Å². The lowest BCUT2D eigenvalue weighted by atomic mass is 9.47. The molecule has 0 radical (unpaired) electrons. The van der Waals surface area contributed by atoms with Crippen molar-refractivity contribution < 1.29 is 9.53 Å². The number of carbonyl (C=O) groups excluding carboxylic acids is 1. The molecule has 1 saturated heterocycles. The minimum absolute atomic E-state index is 0.156. The standard InChI is InChI=1S/C11H22BNO2/c1-11(2,3)15-10(14)13-8-5-6-12(4)7-9-13/h5-9H2,1-4H3. The average Bonchev–Trinajstić information content (AvgIpc) is 2.26. The highest BCUT2D eigenvalue weighted by atomic mass is 16.6. The van der Waals surface area contributed by atoms with E-state index in [1.807, 2.05) is 25.7 Å². The Morgan fingerprint density at radius 2 is 1.93 bits per heavy atom. The maximum Gasteiger partial charge on any atom is 0.410 e. The maximum atomic E-state index is 11.8. The van der Waals surface area contributed by atoms with E-state index in [9.17, 15) is 4.79 Å². The molecule has 0 aliphatic carbocycles. The first kappa shape index (κ1) is 12.4. The molecule has 3 nitrogen and oxygen atoms in total. The van der Waals surface area contributed by atoms with Gasteiger partial charge in [-0.05, 0) is 27.2 Å². The molecule has 1 aliphatic heterocycles. The molecule has 0 N–H and O–H groups in total. The third-order valence-corrected chi connectivity index (χ3v) is 2.67. The number of hydrogen-bond donors (Lipinski definition) is 0. The van der Waals surface area contributed by atoms with Crippen molar-refractivity contribution in [2.45, 2.75) is 52.3 Å². The number of carbonyl (C=O) groups is 1. The lowest BCUT2D eigenvalue weighted by molar-refractivity contribution is 0.0263. The first-order chi connectivity index (χ1) is 6.88. The summed E-state index contributed by atoms with van der Waals surface area (Å²) in [4.78, 5) is 13.6. The van der Waals surface area contributed by atoms with Crippen LogP contribution in [0.5, 0.6) is 0 Å². The summed E-state index contributed by atoms with van der Waals surface area (Å²) in [6.07, 6.45) is 3.26. The smallest absolute Gasteiger partial charge is 0.410 e. The zero-order chi connectivity index (χ0) is 11.5. The van der Waals surface area contributed by atoms with Gasteiger partial charge in [-0.15, -0.1) is 0 Å². The van der Waals surface area contributed by atoms with Crippen molar-refractivity contribution in [2.75, 3.05) is 13.1 Å². The van der Waals surface area contributed by atoms with Crippen LogP contribution < -0.4 is 0 Å². The summed E-state index contributed by atoms with van der Waals surface area (Å²) in [5.74, 6) is 0. The fourth-order valence-corrected chi connectivity index (χ4v) is 1.77. The Kier molecular flexibility index (Phi) is 4.06. The van der Waals surface area contributed by atoms with Gasteiger partial charge in [0, 0.05) is 13.1 Å². The van der Waals surface area contributed by atoms with E-state index in [1.54, 1.807) is 0 Å². The molecule has 86 valence electrons.